The van der Waals surface area contributed by atoms with Gasteiger partial charge in [0.05, 0.1) is 4.47 Å². The van der Waals surface area contributed by atoms with Gasteiger partial charge in [0, 0.05) is 46.1 Å². The monoisotopic (exact) mass is 443 g/mol. The van der Waals surface area contributed by atoms with Crippen molar-refractivity contribution in [2.24, 2.45) is 10.9 Å². The van der Waals surface area contributed by atoms with Gasteiger partial charge < -0.3 is 20.1 Å². The van der Waals surface area contributed by atoms with E-state index in [1.54, 1.807) is 0 Å². The summed E-state index contributed by atoms with van der Waals surface area (Å²) < 4.78 is 24.9. The molecular weight excluding hydrogens is 413 g/mol. The molecule has 1 aliphatic heterocycles. The molecule has 0 bridgehead atoms. The maximum absolute atomic E-state index is 13.3. The van der Waals surface area contributed by atoms with E-state index >= 15 is 0 Å². The number of hydrogen-bond acceptors (Lipinski definition) is 3. The Kier molecular flexibility index (Phi) is 10.7. The van der Waals surface area contributed by atoms with Crippen LogP contribution in [0.25, 0.3) is 0 Å². The van der Waals surface area contributed by atoms with Gasteiger partial charge in [-0.15, -0.1) is 0 Å². The molecule has 2 rings (SSSR count). The second kappa shape index (κ2) is 13.1. The molecule has 1 saturated heterocycles. The lowest BCUT2D eigenvalue weighted by Crippen LogP contribution is -2.38. The van der Waals surface area contributed by atoms with Crippen LogP contribution in [0.1, 0.15) is 31.7 Å². The third kappa shape index (κ3) is 9.04. The summed E-state index contributed by atoms with van der Waals surface area (Å²) in [5.41, 5.74) is 1.08. The summed E-state index contributed by atoms with van der Waals surface area (Å²) in [6, 6.07) is 5.11. The summed E-state index contributed by atoms with van der Waals surface area (Å²) in [6.45, 7) is 7.63. The van der Waals surface area contributed by atoms with Crippen LogP contribution in [0.15, 0.2) is 27.7 Å². The van der Waals surface area contributed by atoms with Crippen molar-refractivity contribution in [3.05, 3.63) is 34.1 Å². The van der Waals surface area contributed by atoms with Gasteiger partial charge in [-0.05, 0) is 72.2 Å². The van der Waals surface area contributed by atoms with Crippen molar-refractivity contribution in [1.82, 2.24) is 10.6 Å². The highest BCUT2D eigenvalue weighted by Crippen LogP contribution is 2.17. The lowest BCUT2D eigenvalue weighted by molar-refractivity contribution is 0.0205. The van der Waals surface area contributed by atoms with Gasteiger partial charge in [0.2, 0.25) is 0 Å². The molecular formula is C20H31BrFN3O2. The summed E-state index contributed by atoms with van der Waals surface area (Å²) in [4.78, 5) is 4.59. The minimum atomic E-state index is -0.236. The number of rotatable bonds is 10. The highest BCUT2D eigenvalue weighted by atomic mass is 79.9. The van der Waals surface area contributed by atoms with E-state index in [0.29, 0.717) is 10.4 Å². The summed E-state index contributed by atoms with van der Waals surface area (Å²) in [6.07, 6.45) is 3.93. The van der Waals surface area contributed by atoms with Gasteiger partial charge in [-0.3, -0.25) is 4.99 Å². The van der Waals surface area contributed by atoms with Gasteiger partial charge in [-0.2, -0.15) is 0 Å². The molecule has 1 aliphatic rings. The normalized spacial score (nSPS) is 15.7. The van der Waals surface area contributed by atoms with Crippen LogP contribution in [0.3, 0.4) is 0 Å². The number of guanidine groups is 1. The first kappa shape index (κ1) is 22.1. The summed E-state index contributed by atoms with van der Waals surface area (Å²) in [7, 11) is 0. The number of hydrogen-bond donors (Lipinski definition) is 2. The first-order valence-corrected chi connectivity index (χ1v) is 10.6. The topological polar surface area (TPSA) is 54.9 Å². The zero-order chi connectivity index (χ0) is 19.3. The summed E-state index contributed by atoms with van der Waals surface area (Å²) in [5, 5.41) is 6.57. The third-order valence-electron chi connectivity index (χ3n) is 4.45. The second-order valence-electron chi connectivity index (χ2n) is 6.67. The van der Waals surface area contributed by atoms with E-state index in [4.69, 9.17) is 9.47 Å². The van der Waals surface area contributed by atoms with E-state index in [-0.39, 0.29) is 5.82 Å². The fourth-order valence-corrected chi connectivity index (χ4v) is 3.31. The number of ether oxygens (including phenoxy) is 2. The Morgan fingerprint density at radius 1 is 1.33 bits per heavy atom. The van der Waals surface area contributed by atoms with Crippen LogP contribution in [0.2, 0.25) is 0 Å². The summed E-state index contributed by atoms with van der Waals surface area (Å²) >= 11 is 3.22. The average Bonchev–Trinajstić information content (AvgIpc) is 2.68. The lowest BCUT2D eigenvalue weighted by Gasteiger charge is -2.21. The van der Waals surface area contributed by atoms with Crippen molar-refractivity contribution >= 4 is 21.9 Å². The summed E-state index contributed by atoms with van der Waals surface area (Å²) in [5.74, 6) is 1.22. The largest absolute Gasteiger partial charge is 0.381 e. The van der Waals surface area contributed by atoms with Crippen LogP contribution in [0.5, 0.6) is 0 Å². The van der Waals surface area contributed by atoms with Gasteiger partial charge >= 0.3 is 0 Å². The van der Waals surface area contributed by atoms with Crippen molar-refractivity contribution < 1.29 is 13.9 Å². The maximum atomic E-state index is 13.3. The lowest BCUT2D eigenvalue weighted by atomic mass is 10.0. The van der Waals surface area contributed by atoms with E-state index in [9.17, 15) is 4.39 Å². The molecule has 27 heavy (non-hydrogen) atoms. The molecule has 0 spiro atoms. The Morgan fingerprint density at radius 3 is 2.89 bits per heavy atom. The van der Waals surface area contributed by atoms with Crippen LogP contribution in [0.4, 0.5) is 4.39 Å². The fourth-order valence-electron chi connectivity index (χ4n) is 2.88. The number of halogens is 2. The molecule has 1 fully saturated rings. The Labute approximate surface area is 170 Å². The predicted molar refractivity (Wildman–Crippen MR) is 111 cm³/mol. The molecule has 1 aromatic carbocycles. The van der Waals surface area contributed by atoms with Gasteiger partial charge in [-0.25, -0.2) is 4.39 Å². The molecule has 7 heteroatoms. The van der Waals surface area contributed by atoms with Gasteiger partial charge in [0.15, 0.2) is 5.96 Å². The molecule has 0 amide bonds. The molecule has 1 heterocycles. The molecule has 152 valence electrons. The molecule has 0 unspecified atom stereocenters. The molecule has 0 aromatic heterocycles. The molecule has 1 aromatic rings. The first-order chi connectivity index (χ1) is 13.2. The fraction of sp³-hybridized carbons (Fsp3) is 0.650. The van der Waals surface area contributed by atoms with E-state index in [0.717, 1.165) is 83.3 Å². The number of benzene rings is 1. The van der Waals surface area contributed by atoms with Crippen LogP contribution in [0, 0.1) is 11.7 Å². The maximum Gasteiger partial charge on any atom is 0.191 e. The molecule has 5 nitrogen and oxygen atoms in total. The smallest absolute Gasteiger partial charge is 0.191 e. The van der Waals surface area contributed by atoms with Crippen LogP contribution in [-0.4, -0.2) is 52.0 Å². The molecule has 0 radical (unpaired) electrons. The first-order valence-electron chi connectivity index (χ1n) is 9.80. The SMILES string of the molecule is CCNC(=NCCCOCC1CCOCC1)NCCc1ccc(F)c(Br)c1. The standard InChI is InChI=1S/C20H31BrFN3O2/c1-2-23-20(25-10-6-16-4-5-19(22)18(21)14-16)24-9-3-11-27-15-17-7-12-26-13-8-17/h4-5,14,17H,2-3,6-13,15H2,1H3,(H2,23,24,25). The number of aliphatic imine (C=N–C) groups is 1. The van der Waals surface area contributed by atoms with Crippen molar-refractivity contribution in [2.45, 2.75) is 32.6 Å². The highest BCUT2D eigenvalue weighted by Gasteiger charge is 2.13. The molecule has 0 atom stereocenters. The highest BCUT2D eigenvalue weighted by molar-refractivity contribution is 9.10. The number of nitrogens with zero attached hydrogens (tertiary/aromatic N) is 1. The van der Waals surface area contributed by atoms with Crippen molar-refractivity contribution in [1.29, 1.82) is 0 Å². The Hall–Kier alpha value is -1.18. The Balaban J connectivity index is 1.61. The number of nitrogens with one attached hydrogen (secondary N) is 2. The van der Waals surface area contributed by atoms with E-state index in [1.165, 1.54) is 6.07 Å². The molecule has 0 aliphatic carbocycles. The third-order valence-corrected chi connectivity index (χ3v) is 5.05. The Bertz CT molecular complexity index is 580. The van der Waals surface area contributed by atoms with Gasteiger partial charge in [0.25, 0.3) is 0 Å². The molecule has 0 saturated carbocycles. The zero-order valence-electron chi connectivity index (χ0n) is 16.1. The van der Waals surface area contributed by atoms with Crippen molar-refractivity contribution in [2.75, 3.05) is 46.1 Å². The zero-order valence-corrected chi connectivity index (χ0v) is 17.7. The van der Waals surface area contributed by atoms with Crippen molar-refractivity contribution in [3.8, 4) is 0 Å². The average molecular weight is 444 g/mol. The minimum Gasteiger partial charge on any atom is -0.381 e. The van der Waals surface area contributed by atoms with E-state index in [1.807, 2.05) is 19.1 Å². The van der Waals surface area contributed by atoms with E-state index in [2.05, 4.69) is 31.6 Å². The quantitative estimate of drug-likeness (QED) is 0.330. The van der Waals surface area contributed by atoms with Crippen molar-refractivity contribution in [3.63, 3.8) is 0 Å². The minimum absolute atomic E-state index is 0.236. The second-order valence-corrected chi connectivity index (χ2v) is 7.52. The predicted octanol–water partition coefficient (Wildman–Crippen LogP) is 3.52. The van der Waals surface area contributed by atoms with Crippen LogP contribution >= 0.6 is 15.9 Å². The Morgan fingerprint density at radius 2 is 2.15 bits per heavy atom. The van der Waals surface area contributed by atoms with Crippen LogP contribution < -0.4 is 10.6 Å². The van der Waals surface area contributed by atoms with Gasteiger partial charge in [-0.1, -0.05) is 6.07 Å². The molecule has 2 N–H and O–H groups in total. The van der Waals surface area contributed by atoms with Crippen LogP contribution in [-0.2, 0) is 15.9 Å². The van der Waals surface area contributed by atoms with E-state index < -0.39 is 0 Å². The van der Waals surface area contributed by atoms with Gasteiger partial charge in [0.1, 0.15) is 5.82 Å².